The molecule has 0 saturated heterocycles. The van der Waals surface area contributed by atoms with Crippen LogP contribution in [0.1, 0.15) is 18.1 Å². The molecule has 1 aromatic carbocycles. The Morgan fingerprint density at radius 2 is 1.72 bits per heavy atom. The molecule has 0 spiro atoms. The topological polar surface area (TPSA) is 4.93 Å². The van der Waals surface area contributed by atoms with Gasteiger partial charge in [-0.25, -0.2) is 0 Å². The first-order valence-electron chi connectivity index (χ1n) is 5.82. The molecule has 1 aromatic heterocycles. The third-order valence-corrected chi connectivity index (χ3v) is 5.21. The number of allylic oxidation sites excluding steroid dienone is 1. The molecular weight excluding hydrogens is 238 g/mol. The van der Waals surface area contributed by atoms with Crippen molar-refractivity contribution in [1.82, 2.24) is 3.97 Å². The fourth-order valence-corrected chi connectivity index (χ4v) is 3.26. The monoisotopic (exact) mass is 257 g/mol. The molecule has 1 heterocycles. The zero-order chi connectivity index (χ0) is 13.3. The average molecular weight is 257 g/mol. The van der Waals surface area contributed by atoms with Gasteiger partial charge in [-0.1, -0.05) is 36.0 Å². The number of hydrogen-bond acceptors (Lipinski definition) is 0. The largest absolute Gasteiger partial charge is 0.307 e. The van der Waals surface area contributed by atoms with E-state index in [0.717, 1.165) is 11.1 Å². The smallest absolute Gasteiger partial charge is 0.0224 e. The van der Waals surface area contributed by atoms with Gasteiger partial charge in [-0.15, -0.1) is 9.39 Å². The SMILES string of the molecule is C=C(C)c1ccn(S(=C)(=C)c2ccc(C)cc2)c1. The van der Waals surface area contributed by atoms with Crippen LogP contribution < -0.4 is 0 Å². The maximum Gasteiger partial charge on any atom is 0.0224 e. The van der Waals surface area contributed by atoms with E-state index in [-0.39, 0.29) is 0 Å². The molecule has 0 atom stereocenters. The van der Waals surface area contributed by atoms with Crippen LogP contribution in [-0.2, 0) is 0 Å². The summed E-state index contributed by atoms with van der Waals surface area (Å²) in [5.74, 6) is 8.64. The molecule has 0 radical (unpaired) electrons. The quantitative estimate of drug-likeness (QED) is 0.722. The molecule has 2 heteroatoms. The van der Waals surface area contributed by atoms with Crippen LogP contribution in [-0.4, -0.2) is 15.7 Å². The minimum absolute atomic E-state index is 1.06. The fourth-order valence-electron chi connectivity index (χ4n) is 1.76. The van der Waals surface area contributed by atoms with Crippen LogP contribution in [0, 0.1) is 6.92 Å². The van der Waals surface area contributed by atoms with E-state index < -0.39 is 9.39 Å². The van der Waals surface area contributed by atoms with Crippen molar-refractivity contribution in [3.8, 4) is 0 Å². The van der Waals surface area contributed by atoms with E-state index in [1.54, 1.807) is 0 Å². The molecule has 0 bridgehead atoms. The lowest BCUT2D eigenvalue weighted by atomic mass is 10.2. The third kappa shape index (κ3) is 2.29. The molecular formula is C16H19NS. The second-order valence-corrected chi connectivity index (χ2v) is 7.27. The van der Waals surface area contributed by atoms with E-state index in [2.05, 4.69) is 65.7 Å². The second kappa shape index (κ2) is 4.54. The van der Waals surface area contributed by atoms with Gasteiger partial charge in [0.2, 0.25) is 0 Å². The lowest BCUT2D eigenvalue weighted by Gasteiger charge is -2.17. The lowest BCUT2D eigenvalue weighted by molar-refractivity contribution is 1.25. The highest BCUT2D eigenvalue weighted by molar-refractivity contribution is 8.26. The highest BCUT2D eigenvalue weighted by Crippen LogP contribution is 2.34. The van der Waals surface area contributed by atoms with Gasteiger partial charge >= 0.3 is 0 Å². The second-order valence-electron chi connectivity index (χ2n) is 4.70. The summed E-state index contributed by atoms with van der Waals surface area (Å²) in [6, 6.07) is 10.5. The van der Waals surface area contributed by atoms with Crippen molar-refractivity contribution in [3.63, 3.8) is 0 Å². The predicted octanol–water partition coefficient (Wildman–Crippen LogP) is 4.32. The van der Waals surface area contributed by atoms with Gasteiger partial charge < -0.3 is 3.97 Å². The molecule has 1 nitrogen and oxygen atoms in total. The Labute approximate surface area is 110 Å². The van der Waals surface area contributed by atoms with Crippen LogP contribution in [0.4, 0.5) is 0 Å². The predicted molar refractivity (Wildman–Crippen MR) is 85.8 cm³/mol. The van der Waals surface area contributed by atoms with E-state index in [0.29, 0.717) is 0 Å². The molecule has 2 rings (SSSR count). The van der Waals surface area contributed by atoms with Crippen LogP contribution in [0.2, 0.25) is 0 Å². The highest BCUT2D eigenvalue weighted by atomic mass is 32.2. The van der Waals surface area contributed by atoms with E-state index >= 15 is 0 Å². The summed E-state index contributed by atoms with van der Waals surface area (Å²) in [5, 5.41) is 0. The number of rotatable bonds is 3. The molecule has 0 N–H and O–H groups in total. The summed E-state index contributed by atoms with van der Waals surface area (Å²) in [6.07, 6.45) is 4.12. The third-order valence-electron chi connectivity index (χ3n) is 3.02. The van der Waals surface area contributed by atoms with Crippen molar-refractivity contribution in [3.05, 3.63) is 60.4 Å². The van der Waals surface area contributed by atoms with Crippen molar-refractivity contribution < 1.29 is 0 Å². The Hall–Kier alpha value is -1.67. The van der Waals surface area contributed by atoms with Crippen molar-refractivity contribution in [2.24, 2.45) is 0 Å². The van der Waals surface area contributed by atoms with Crippen LogP contribution >= 0.6 is 9.39 Å². The first-order valence-corrected chi connectivity index (χ1v) is 7.74. The lowest BCUT2D eigenvalue weighted by Crippen LogP contribution is -1.92. The average Bonchev–Trinajstić information content (AvgIpc) is 2.79. The van der Waals surface area contributed by atoms with Crippen molar-refractivity contribution in [1.29, 1.82) is 0 Å². The van der Waals surface area contributed by atoms with Gasteiger partial charge in [0.25, 0.3) is 0 Å². The fraction of sp³-hybridized carbons (Fsp3) is 0.125. The molecule has 0 aliphatic carbocycles. The van der Waals surface area contributed by atoms with Crippen LogP contribution in [0.15, 0.2) is 54.2 Å². The Bertz CT molecular complexity index is 670. The van der Waals surface area contributed by atoms with E-state index in [4.69, 9.17) is 0 Å². The maximum atomic E-state index is 4.32. The minimum atomic E-state index is -1.49. The van der Waals surface area contributed by atoms with Crippen molar-refractivity contribution in [2.45, 2.75) is 18.7 Å². The molecule has 0 amide bonds. The molecule has 0 fully saturated rings. The van der Waals surface area contributed by atoms with Gasteiger partial charge in [0.1, 0.15) is 0 Å². The van der Waals surface area contributed by atoms with Gasteiger partial charge in [0.15, 0.2) is 0 Å². The Morgan fingerprint density at radius 3 is 2.22 bits per heavy atom. The molecule has 94 valence electrons. The number of nitrogens with zero attached hydrogens (tertiary/aromatic N) is 1. The van der Waals surface area contributed by atoms with Crippen molar-refractivity contribution in [2.75, 3.05) is 0 Å². The highest BCUT2D eigenvalue weighted by Gasteiger charge is 2.05. The first-order chi connectivity index (χ1) is 8.41. The summed E-state index contributed by atoms with van der Waals surface area (Å²) in [7, 11) is -1.49. The Balaban J connectivity index is 2.47. The summed E-state index contributed by atoms with van der Waals surface area (Å²) < 4.78 is 2.11. The minimum Gasteiger partial charge on any atom is -0.307 e. The first kappa shape index (κ1) is 12.8. The maximum absolute atomic E-state index is 4.32. The zero-order valence-corrected chi connectivity index (χ0v) is 11.8. The normalized spacial score (nSPS) is 11.4. The zero-order valence-electron chi connectivity index (χ0n) is 11.0. The van der Waals surface area contributed by atoms with Crippen molar-refractivity contribution >= 4 is 26.7 Å². The Morgan fingerprint density at radius 1 is 1.11 bits per heavy atom. The Kier molecular flexibility index (Phi) is 3.22. The van der Waals surface area contributed by atoms with Gasteiger partial charge in [0, 0.05) is 17.3 Å². The number of aromatic nitrogens is 1. The number of hydrogen-bond donors (Lipinski definition) is 0. The summed E-state index contributed by atoms with van der Waals surface area (Å²) in [4.78, 5) is 1.18. The summed E-state index contributed by atoms with van der Waals surface area (Å²) in [5.41, 5.74) is 3.46. The van der Waals surface area contributed by atoms with E-state index in [1.165, 1.54) is 10.5 Å². The summed E-state index contributed by atoms with van der Waals surface area (Å²) >= 11 is 0. The van der Waals surface area contributed by atoms with Gasteiger partial charge in [-0.3, -0.25) is 0 Å². The molecule has 0 aliphatic heterocycles. The standard InChI is InChI=1S/C16H19NS/c1-13(2)15-10-11-17(12-15)18(4,5)16-8-6-14(3)7-9-16/h6-12H,1,4-5H2,2-3H3. The molecule has 0 unspecified atom stereocenters. The summed E-state index contributed by atoms with van der Waals surface area (Å²) in [6.45, 7) is 8.05. The van der Waals surface area contributed by atoms with Gasteiger partial charge in [-0.2, -0.15) is 0 Å². The number of benzene rings is 1. The molecule has 2 aromatic rings. The van der Waals surface area contributed by atoms with Gasteiger partial charge in [0.05, 0.1) is 0 Å². The van der Waals surface area contributed by atoms with E-state index in [1.807, 2.05) is 13.1 Å². The van der Waals surface area contributed by atoms with Crippen LogP contribution in [0.5, 0.6) is 0 Å². The molecule has 0 saturated carbocycles. The molecule has 18 heavy (non-hydrogen) atoms. The van der Waals surface area contributed by atoms with E-state index in [9.17, 15) is 0 Å². The molecule has 0 aliphatic rings. The van der Waals surface area contributed by atoms with Crippen LogP contribution in [0.25, 0.3) is 5.57 Å². The van der Waals surface area contributed by atoms with Crippen LogP contribution in [0.3, 0.4) is 0 Å². The van der Waals surface area contributed by atoms with Gasteiger partial charge in [-0.05, 0) is 43.2 Å². The number of aryl methyl sites for hydroxylation is 1.